The van der Waals surface area contributed by atoms with Crippen LogP contribution in [0.1, 0.15) is 35.6 Å². The molecule has 0 unspecified atom stereocenters. The van der Waals surface area contributed by atoms with Crippen molar-refractivity contribution in [1.82, 2.24) is 4.90 Å². The van der Waals surface area contributed by atoms with Crippen molar-refractivity contribution in [2.75, 3.05) is 13.6 Å². The number of carbonyl (C=O) groups is 1. The van der Waals surface area contributed by atoms with Crippen molar-refractivity contribution in [3.05, 3.63) is 17.6 Å². The Morgan fingerprint density at radius 1 is 1.53 bits per heavy atom. The van der Waals surface area contributed by atoms with E-state index in [1.807, 2.05) is 0 Å². The van der Waals surface area contributed by atoms with Gasteiger partial charge < -0.3 is 9.32 Å². The van der Waals surface area contributed by atoms with Crippen molar-refractivity contribution < 1.29 is 17.6 Å². The molecule has 0 saturated heterocycles. The fourth-order valence-corrected chi connectivity index (χ4v) is 2.90. The predicted molar refractivity (Wildman–Crippen MR) is 69.1 cm³/mol. The number of aryl methyl sites for hydroxylation is 1. The van der Waals surface area contributed by atoms with E-state index in [0.717, 1.165) is 12.8 Å². The van der Waals surface area contributed by atoms with E-state index in [-0.39, 0.29) is 22.3 Å². The summed E-state index contributed by atoms with van der Waals surface area (Å²) in [5.74, 6) is 0.388. The number of furan rings is 1. The summed E-state index contributed by atoms with van der Waals surface area (Å²) < 4.78 is 27.8. The number of hydrogen-bond acceptors (Lipinski definition) is 4. The second kappa shape index (κ2) is 4.97. The highest BCUT2D eigenvalue weighted by atomic mass is 32.2. The summed E-state index contributed by atoms with van der Waals surface area (Å²) in [6.07, 6.45) is 3.48. The lowest BCUT2D eigenvalue weighted by Crippen LogP contribution is -2.34. The maximum Gasteiger partial charge on any atom is 0.289 e. The molecule has 1 aliphatic rings. The smallest absolute Gasteiger partial charge is 0.289 e. The van der Waals surface area contributed by atoms with Crippen molar-refractivity contribution in [1.29, 1.82) is 0 Å². The molecule has 19 heavy (non-hydrogen) atoms. The van der Waals surface area contributed by atoms with E-state index in [2.05, 4.69) is 0 Å². The van der Waals surface area contributed by atoms with Crippen molar-refractivity contribution in [2.45, 2.75) is 31.1 Å². The van der Waals surface area contributed by atoms with E-state index in [0.29, 0.717) is 12.5 Å². The van der Waals surface area contributed by atoms with Crippen molar-refractivity contribution >= 4 is 15.9 Å². The van der Waals surface area contributed by atoms with Crippen LogP contribution < -0.4 is 5.14 Å². The van der Waals surface area contributed by atoms with E-state index >= 15 is 0 Å². The summed E-state index contributed by atoms with van der Waals surface area (Å²) in [5, 5.41) is 5.05. The second-order valence-electron chi connectivity index (χ2n) is 5.06. The largest absolute Gasteiger partial charge is 0.455 e. The van der Waals surface area contributed by atoms with Gasteiger partial charge in [0.15, 0.2) is 5.76 Å². The molecule has 0 bridgehead atoms. The summed E-state index contributed by atoms with van der Waals surface area (Å²) >= 11 is 0. The van der Waals surface area contributed by atoms with Gasteiger partial charge in [0.25, 0.3) is 5.91 Å². The lowest BCUT2D eigenvalue weighted by atomic mass is 9.85. The van der Waals surface area contributed by atoms with Gasteiger partial charge in [0.2, 0.25) is 10.0 Å². The predicted octanol–water partition coefficient (Wildman–Crippen LogP) is 1.11. The minimum Gasteiger partial charge on any atom is -0.455 e. The van der Waals surface area contributed by atoms with Crippen LogP contribution >= 0.6 is 0 Å². The fourth-order valence-electron chi connectivity index (χ4n) is 2.19. The first-order chi connectivity index (χ1) is 8.79. The van der Waals surface area contributed by atoms with Crippen LogP contribution in [0.5, 0.6) is 0 Å². The summed E-state index contributed by atoms with van der Waals surface area (Å²) in [6, 6.07) is 1.20. The minimum atomic E-state index is -3.85. The monoisotopic (exact) mass is 286 g/mol. The lowest BCUT2D eigenvalue weighted by Gasteiger charge is -2.29. The second-order valence-corrected chi connectivity index (χ2v) is 6.59. The van der Waals surface area contributed by atoms with Gasteiger partial charge in [-0.2, -0.15) is 0 Å². The molecule has 1 aromatic heterocycles. The molecule has 0 aromatic carbocycles. The Morgan fingerprint density at radius 3 is 2.58 bits per heavy atom. The average Bonchev–Trinajstić information content (AvgIpc) is 2.64. The van der Waals surface area contributed by atoms with Crippen molar-refractivity contribution in [3.8, 4) is 0 Å². The highest BCUT2D eigenvalue weighted by molar-refractivity contribution is 7.89. The number of hydrogen-bond donors (Lipinski definition) is 1. The maximum atomic E-state index is 12.1. The van der Waals surface area contributed by atoms with Gasteiger partial charge in [-0.05, 0) is 25.7 Å². The van der Waals surface area contributed by atoms with Gasteiger partial charge in [0.05, 0.1) is 0 Å². The van der Waals surface area contributed by atoms with Gasteiger partial charge in [-0.25, -0.2) is 13.6 Å². The molecule has 1 amide bonds. The van der Waals surface area contributed by atoms with E-state index < -0.39 is 10.0 Å². The Morgan fingerprint density at radius 2 is 2.16 bits per heavy atom. The zero-order valence-corrected chi connectivity index (χ0v) is 11.9. The van der Waals surface area contributed by atoms with Crippen molar-refractivity contribution in [2.24, 2.45) is 11.1 Å². The molecule has 0 radical (unpaired) electrons. The molecule has 0 atom stereocenters. The zero-order chi connectivity index (χ0) is 14.2. The summed E-state index contributed by atoms with van der Waals surface area (Å²) in [7, 11) is -2.16. The van der Waals surface area contributed by atoms with Crippen LogP contribution in [0, 0.1) is 12.8 Å². The molecule has 6 nitrogen and oxygen atoms in total. The first-order valence-corrected chi connectivity index (χ1v) is 7.72. The Bertz CT molecular complexity index is 587. The van der Waals surface area contributed by atoms with E-state index in [4.69, 9.17) is 9.56 Å². The SMILES string of the molecule is Cc1oc(C(=O)N(C)CC2CCC2)cc1S(N)(=O)=O. The van der Waals surface area contributed by atoms with Gasteiger partial charge in [0, 0.05) is 19.7 Å². The van der Waals surface area contributed by atoms with Crippen LogP contribution in [-0.4, -0.2) is 32.8 Å². The van der Waals surface area contributed by atoms with Crippen LogP contribution in [0.15, 0.2) is 15.4 Å². The molecule has 7 heteroatoms. The maximum absolute atomic E-state index is 12.1. The number of sulfonamides is 1. The molecule has 106 valence electrons. The minimum absolute atomic E-state index is 0.0170. The normalized spacial score (nSPS) is 16.2. The Kier molecular flexibility index (Phi) is 3.69. The topological polar surface area (TPSA) is 93.6 Å². The average molecular weight is 286 g/mol. The quantitative estimate of drug-likeness (QED) is 0.897. The molecule has 1 aromatic rings. The van der Waals surface area contributed by atoms with E-state index in [9.17, 15) is 13.2 Å². The summed E-state index contributed by atoms with van der Waals surface area (Å²) in [5.41, 5.74) is 0. The number of nitrogens with zero attached hydrogens (tertiary/aromatic N) is 1. The van der Waals surface area contributed by atoms with Gasteiger partial charge in [0.1, 0.15) is 10.7 Å². The third-order valence-electron chi connectivity index (χ3n) is 3.49. The van der Waals surface area contributed by atoms with Gasteiger partial charge in [-0.1, -0.05) is 6.42 Å². The Hall–Kier alpha value is -1.34. The highest BCUT2D eigenvalue weighted by Gasteiger charge is 2.26. The van der Waals surface area contributed by atoms with Crippen LogP contribution in [0.4, 0.5) is 0 Å². The Labute approximate surface area is 112 Å². The van der Waals surface area contributed by atoms with Gasteiger partial charge >= 0.3 is 0 Å². The molecule has 2 rings (SSSR count). The van der Waals surface area contributed by atoms with Crippen LogP contribution in [0.3, 0.4) is 0 Å². The highest BCUT2D eigenvalue weighted by Crippen LogP contribution is 2.27. The van der Waals surface area contributed by atoms with E-state index in [1.165, 1.54) is 19.4 Å². The Balaban J connectivity index is 2.15. The molecular weight excluding hydrogens is 268 g/mol. The molecule has 1 saturated carbocycles. The van der Waals surface area contributed by atoms with Crippen LogP contribution in [0.2, 0.25) is 0 Å². The number of primary sulfonamides is 1. The first kappa shape index (κ1) is 14.1. The molecular formula is C12H18N2O4S. The van der Waals surface area contributed by atoms with Crippen LogP contribution in [-0.2, 0) is 10.0 Å². The third kappa shape index (κ3) is 2.98. The standard InChI is InChI=1S/C12H18N2O4S/c1-8-11(19(13,16)17)6-10(18-8)12(15)14(2)7-9-4-3-5-9/h6,9H,3-5,7H2,1-2H3,(H2,13,16,17). The molecule has 1 fully saturated rings. The summed E-state index contributed by atoms with van der Waals surface area (Å²) in [4.78, 5) is 13.5. The zero-order valence-electron chi connectivity index (χ0n) is 11.0. The van der Waals surface area contributed by atoms with Gasteiger partial charge in [-0.3, -0.25) is 4.79 Å². The molecule has 0 spiro atoms. The first-order valence-electron chi connectivity index (χ1n) is 6.17. The molecule has 2 N–H and O–H groups in total. The van der Waals surface area contributed by atoms with Crippen molar-refractivity contribution in [3.63, 3.8) is 0 Å². The molecule has 0 aliphatic heterocycles. The summed E-state index contributed by atoms with van der Waals surface area (Å²) in [6.45, 7) is 2.14. The van der Waals surface area contributed by atoms with E-state index in [1.54, 1.807) is 11.9 Å². The lowest BCUT2D eigenvalue weighted by molar-refractivity contribution is 0.0712. The number of rotatable bonds is 4. The molecule has 1 heterocycles. The molecule has 1 aliphatic carbocycles. The fraction of sp³-hybridized carbons (Fsp3) is 0.583. The number of nitrogens with two attached hydrogens (primary N) is 1. The van der Waals surface area contributed by atoms with Crippen LogP contribution in [0.25, 0.3) is 0 Å². The van der Waals surface area contributed by atoms with Gasteiger partial charge in [-0.15, -0.1) is 0 Å². The number of carbonyl (C=O) groups excluding carboxylic acids is 1. The number of amides is 1. The third-order valence-corrected chi connectivity index (χ3v) is 4.51.